The number of nitro benzene ring substituents is 1. The summed E-state index contributed by atoms with van der Waals surface area (Å²) in [5, 5.41) is 24.1. The maximum Gasteiger partial charge on any atom is 0.269 e. The van der Waals surface area contributed by atoms with Gasteiger partial charge in [0.15, 0.2) is 11.5 Å². The van der Waals surface area contributed by atoms with Crippen molar-refractivity contribution in [2.24, 2.45) is 5.10 Å². The van der Waals surface area contributed by atoms with Crippen LogP contribution >= 0.6 is 0 Å². The normalized spacial score (nSPS) is 10.7. The van der Waals surface area contributed by atoms with E-state index in [0.717, 1.165) is 5.56 Å². The van der Waals surface area contributed by atoms with Gasteiger partial charge in [0.05, 0.1) is 24.4 Å². The van der Waals surface area contributed by atoms with Crippen molar-refractivity contribution in [3.63, 3.8) is 0 Å². The van der Waals surface area contributed by atoms with Crippen molar-refractivity contribution in [2.45, 2.75) is 33.6 Å². The van der Waals surface area contributed by atoms with Crippen LogP contribution in [0.5, 0.6) is 11.5 Å². The number of ether oxygens (including phenoxy) is 3. The highest BCUT2D eigenvalue weighted by Crippen LogP contribution is 2.29. The summed E-state index contributed by atoms with van der Waals surface area (Å²) in [6.45, 7) is 3.85. The third-order valence-corrected chi connectivity index (χ3v) is 5.51. The maximum absolute atomic E-state index is 12.7. The number of aryl methyl sites for hydroxylation is 1. The first-order valence-corrected chi connectivity index (χ1v) is 11.8. The number of methoxy groups -OCH3 is 1. The lowest BCUT2D eigenvalue weighted by Crippen LogP contribution is -2.33. The van der Waals surface area contributed by atoms with Gasteiger partial charge < -0.3 is 18.8 Å². The van der Waals surface area contributed by atoms with Crippen molar-refractivity contribution in [2.75, 3.05) is 13.7 Å². The van der Waals surface area contributed by atoms with Gasteiger partial charge in [-0.1, -0.05) is 0 Å². The zero-order valence-electron chi connectivity index (χ0n) is 21.7. The van der Waals surface area contributed by atoms with Gasteiger partial charge in [-0.15, -0.1) is 0 Å². The van der Waals surface area contributed by atoms with Gasteiger partial charge in [-0.05, 0) is 61.4 Å². The summed E-state index contributed by atoms with van der Waals surface area (Å²) >= 11 is 0. The zero-order chi connectivity index (χ0) is 28.4. The molecule has 1 heterocycles. The standard InChI is InChI=1S/C27H27N5O7/c1-4-38-25-12-20(7-10-24(25)39-16-19-5-8-22(9-6-19)32(35)36)14-29-30-26(33)15-31-18(2)11-21(17-37-3)23(13-28)27(31)34/h5-12,14H,4,15-17H2,1-3H3,(H,30,33)/b29-14-. The van der Waals surface area contributed by atoms with Gasteiger partial charge in [-0.3, -0.25) is 19.7 Å². The lowest BCUT2D eigenvalue weighted by molar-refractivity contribution is -0.384. The summed E-state index contributed by atoms with van der Waals surface area (Å²) in [5.74, 6) is 0.376. The Morgan fingerprint density at radius 1 is 1.15 bits per heavy atom. The van der Waals surface area contributed by atoms with Crippen LogP contribution in [0.1, 0.15) is 34.9 Å². The minimum Gasteiger partial charge on any atom is -0.490 e. The predicted molar refractivity (Wildman–Crippen MR) is 142 cm³/mol. The number of rotatable bonds is 12. The number of hydrogen-bond acceptors (Lipinski definition) is 9. The summed E-state index contributed by atoms with van der Waals surface area (Å²) < 4.78 is 17.7. The lowest BCUT2D eigenvalue weighted by Gasteiger charge is -2.13. The molecule has 12 heteroatoms. The fourth-order valence-corrected chi connectivity index (χ4v) is 3.65. The largest absolute Gasteiger partial charge is 0.490 e. The van der Waals surface area contributed by atoms with E-state index in [2.05, 4.69) is 10.5 Å². The van der Waals surface area contributed by atoms with E-state index in [1.54, 1.807) is 43.3 Å². The molecule has 3 aromatic rings. The highest BCUT2D eigenvalue weighted by molar-refractivity contribution is 5.83. The number of aromatic nitrogens is 1. The van der Waals surface area contributed by atoms with Crippen LogP contribution in [0.4, 0.5) is 5.69 Å². The van der Waals surface area contributed by atoms with Crippen molar-refractivity contribution in [1.29, 1.82) is 5.26 Å². The molecule has 39 heavy (non-hydrogen) atoms. The third-order valence-electron chi connectivity index (χ3n) is 5.51. The third kappa shape index (κ3) is 7.50. The van der Waals surface area contributed by atoms with Crippen LogP contribution in [0.15, 0.2) is 58.4 Å². The summed E-state index contributed by atoms with van der Waals surface area (Å²) in [4.78, 5) is 35.5. The number of hydrazone groups is 1. The molecule has 0 fully saturated rings. The van der Waals surface area contributed by atoms with Crippen molar-refractivity contribution in [3.05, 3.63) is 96.9 Å². The van der Waals surface area contributed by atoms with Gasteiger partial charge in [0, 0.05) is 30.5 Å². The molecule has 2 aromatic carbocycles. The van der Waals surface area contributed by atoms with Gasteiger partial charge in [-0.25, -0.2) is 5.43 Å². The molecule has 0 saturated heterocycles. The van der Waals surface area contributed by atoms with Gasteiger partial charge in [0.2, 0.25) is 0 Å². The molecule has 202 valence electrons. The fourth-order valence-electron chi connectivity index (χ4n) is 3.65. The van der Waals surface area contributed by atoms with Gasteiger partial charge in [0.1, 0.15) is 24.8 Å². The highest BCUT2D eigenvalue weighted by atomic mass is 16.6. The topological polar surface area (TPSA) is 158 Å². The van der Waals surface area contributed by atoms with Crippen molar-refractivity contribution >= 4 is 17.8 Å². The van der Waals surface area contributed by atoms with E-state index in [9.17, 15) is 25.0 Å². The van der Waals surface area contributed by atoms with Crippen LogP contribution in [-0.2, 0) is 29.3 Å². The molecule has 0 spiro atoms. The molecule has 0 saturated carbocycles. The molecule has 1 aromatic heterocycles. The summed E-state index contributed by atoms with van der Waals surface area (Å²) in [6.07, 6.45) is 1.42. The van der Waals surface area contributed by atoms with Gasteiger partial charge >= 0.3 is 0 Å². The lowest BCUT2D eigenvalue weighted by atomic mass is 10.1. The number of nitriles is 1. The molecule has 0 unspecified atom stereocenters. The van der Waals surface area contributed by atoms with Crippen LogP contribution in [-0.4, -0.2) is 35.3 Å². The number of carbonyl (C=O) groups is 1. The first kappa shape index (κ1) is 28.5. The van der Waals surface area contributed by atoms with Crippen molar-refractivity contribution < 1.29 is 23.9 Å². The van der Waals surface area contributed by atoms with Crippen LogP contribution < -0.4 is 20.5 Å². The number of non-ortho nitro benzene ring substituents is 1. The van der Waals surface area contributed by atoms with Gasteiger partial charge in [-0.2, -0.15) is 10.4 Å². The smallest absolute Gasteiger partial charge is 0.269 e. The number of hydrogen-bond donors (Lipinski definition) is 1. The van der Waals surface area contributed by atoms with E-state index >= 15 is 0 Å². The molecule has 0 aliphatic rings. The second kappa shape index (κ2) is 13.5. The van der Waals surface area contributed by atoms with Crippen molar-refractivity contribution in [3.8, 4) is 17.6 Å². The number of nitro groups is 1. The minimum atomic E-state index is -0.575. The summed E-state index contributed by atoms with van der Waals surface area (Å²) in [7, 11) is 1.47. The first-order chi connectivity index (χ1) is 18.8. The van der Waals surface area contributed by atoms with Crippen LogP contribution in [0, 0.1) is 28.4 Å². The van der Waals surface area contributed by atoms with E-state index in [-0.39, 0.29) is 31.0 Å². The molecule has 0 atom stereocenters. The van der Waals surface area contributed by atoms with E-state index in [0.29, 0.717) is 34.9 Å². The predicted octanol–water partition coefficient (Wildman–Crippen LogP) is 3.21. The number of benzene rings is 2. The van der Waals surface area contributed by atoms with E-state index < -0.39 is 16.4 Å². The summed E-state index contributed by atoms with van der Waals surface area (Å²) in [5.41, 5.74) is 4.07. The van der Waals surface area contributed by atoms with E-state index in [1.165, 1.54) is 30.0 Å². The quantitative estimate of drug-likeness (QED) is 0.211. The molecule has 3 rings (SSSR count). The number of carbonyl (C=O) groups excluding carboxylic acids is 1. The first-order valence-electron chi connectivity index (χ1n) is 11.8. The Kier molecular flexibility index (Phi) is 9.88. The summed E-state index contributed by atoms with van der Waals surface area (Å²) in [6, 6.07) is 14.7. The second-order valence-electron chi connectivity index (χ2n) is 8.27. The number of pyridine rings is 1. The number of amides is 1. The Balaban J connectivity index is 1.66. The molecule has 1 N–H and O–H groups in total. The Bertz CT molecular complexity index is 1470. The fraction of sp³-hybridized carbons (Fsp3) is 0.259. The maximum atomic E-state index is 12.7. The molecule has 0 radical (unpaired) electrons. The Morgan fingerprint density at radius 3 is 2.54 bits per heavy atom. The average Bonchev–Trinajstić information content (AvgIpc) is 2.91. The molecule has 1 amide bonds. The van der Waals surface area contributed by atoms with Crippen molar-refractivity contribution in [1.82, 2.24) is 9.99 Å². The minimum absolute atomic E-state index is 0.00131. The molecular formula is C27H27N5O7. The van der Waals surface area contributed by atoms with Crippen LogP contribution in [0.25, 0.3) is 0 Å². The molecular weight excluding hydrogens is 506 g/mol. The zero-order valence-corrected chi connectivity index (χ0v) is 21.7. The Labute approximate surface area is 224 Å². The SMILES string of the molecule is CCOc1cc(/C=N\NC(=O)Cn2c(C)cc(COC)c(C#N)c2=O)ccc1OCc1ccc([N+](=O)[O-])cc1. The number of nitrogens with zero attached hydrogens (tertiary/aromatic N) is 4. The molecule has 0 bridgehead atoms. The Hall–Kier alpha value is -5.02. The van der Waals surface area contributed by atoms with Gasteiger partial charge in [0.25, 0.3) is 17.2 Å². The monoisotopic (exact) mass is 533 g/mol. The number of nitrogens with one attached hydrogen (secondary N) is 1. The van der Waals surface area contributed by atoms with E-state index in [1.807, 2.05) is 13.0 Å². The van der Waals surface area contributed by atoms with Crippen LogP contribution in [0.2, 0.25) is 0 Å². The van der Waals surface area contributed by atoms with E-state index in [4.69, 9.17) is 14.2 Å². The Morgan fingerprint density at radius 2 is 1.90 bits per heavy atom. The molecule has 0 aliphatic carbocycles. The highest BCUT2D eigenvalue weighted by Gasteiger charge is 2.15. The average molecular weight is 534 g/mol. The molecule has 12 nitrogen and oxygen atoms in total. The van der Waals surface area contributed by atoms with Crippen LogP contribution in [0.3, 0.4) is 0 Å². The second-order valence-corrected chi connectivity index (χ2v) is 8.27. The molecule has 0 aliphatic heterocycles.